The fourth-order valence-electron chi connectivity index (χ4n) is 2.60. The largest absolute Gasteiger partial charge is 0.295 e. The molecule has 1 aromatic carbocycles. The second-order valence-electron chi connectivity index (χ2n) is 5.09. The van der Waals surface area contributed by atoms with Crippen molar-refractivity contribution >= 4 is 23.6 Å². The highest BCUT2D eigenvalue weighted by Crippen LogP contribution is 2.29. The molecule has 0 bridgehead atoms. The van der Waals surface area contributed by atoms with Crippen LogP contribution in [0.15, 0.2) is 12.1 Å². The van der Waals surface area contributed by atoms with Crippen LogP contribution in [-0.2, 0) is 9.59 Å². The minimum absolute atomic E-state index is 0.0483. The Morgan fingerprint density at radius 3 is 2.38 bits per heavy atom. The monoisotopic (exact) mass is 290 g/mol. The zero-order valence-electron chi connectivity index (χ0n) is 11.1. The summed E-state index contributed by atoms with van der Waals surface area (Å²) in [5, 5.41) is 2.10. The number of benzene rings is 1. The van der Waals surface area contributed by atoms with Crippen molar-refractivity contribution in [2.45, 2.75) is 25.8 Å². The van der Waals surface area contributed by atoms with Crippen LogP contribution in [0.2, 0.25) is 0 Å². The van der Waals surface area contributed by atoms with Crippen LogP contribution < -0.4 is 5.32 Å². The summed E-state index contributed by atoms with van der Waals surface area (Å²) in [5.41, 5.74) is 0.288. The van der Waals surface area contributed by atoms with Crippen molar-refractivity contribution in [3.63, 3.8) is 0 Å². The van der Waals surface area contributed by atoms with Crippen LogP contribution >= 0.6 is 0 Å². The van der Waals surface area contributed by atoms with Crippen LogP contribution in [0.1, 0.15) is 39.1 Å². The summed E-state index contributed by atoms with van der Waals surface area (Å²) in [6, 6.07) is 1.28. The number of imide groups is 2. The summed E-state index contributed by atoms with van der Waals surface area (Å²) in [5.74, 6) is -3.04. The van der Waals surface area contributed by atoms with Gasteiger partial charge >= 0.3 is 0 Å². The van der Waals surface area contributed by atoms with Gasteiger partial charge in [0.15, 0.2) is 0 Å². The van der Waals surface area contributed by atoms with Crippen LogP contribution in [-0.4, -0.2) is 34.6 Å². The summed E-state index contributed by atoms with van der Waals surface area (Å²) in [4.78, 5) is 48.3. The molecule has 0 unspecified atom stereocenters. The van der Waals surface area contributed by atoms with Crippen LogP contribution in [0.3, 0.4) is 0 Å². The Morgan fingerprint density at radius 1 is 1.14 bits per heavy atom. The molecule has 4 amide bonds. The molecule has 21 heavy (non-hydrogen) atoms. The maximum absolute atomic E-state index is 13.6. The number of aryl methyl sites for hydroxylation is 1. The number of hydrogen-bond acceptors (Lipinski definition) is 4. The third-order valence-corrected chi connectivity index (χ3v) is 3.72. The minimum Gasteiger partial charge on any atom is -0.295 e. The van der Waals surface area contributed by atoms with E-state index in [9.17, 15) is 23.6 Å². The Balaban J connectivity index is 2.00. The van der Waals surface area contributed by atoms with Gasteiger partial charge in [0.05, 0.1) is 11.1 Å². The van der Waals surface area contributed by atoms with E-state index in [1.54, 1.807) is 0 Å². The summed E-state index contributed by atoms with van der Waals surface area (Å²) in [6.45, 7) is 1.49. The molecule has 1 saturated heterocycles. The third kappa shape index (κ3) is 1.93. The molecule has 2 aliphatic heterocycles. The highest BCUT2D eigenvalue weighted by molar-refractivity contribution is 6.23. The molecular weight excluding hydrogens is 279 g/mol. The highest BCUT2D eigenvalue weighted by atomic mass is 19.1. The van der Waals surface area contributed by atoms with Crippen LogP contribution in [0.5, 0.6) is 0 Å². The molecular formula is C14H11FN2O4. The van der Waals surface area contributed by atoms with E-state index < -0.39 is 35.5 Å². The molecule has 2 aliphatic rings. The maximum Gasteiger partial charge on any atom is 0.262 e. The predicted molar refractivity (Wildman–Crippen MR) is 67.8 cm³/mol. The molecule has 0 aromatic heterocycles. The van der Waals surface area contributed by atoms with Gasteiger partial charge in [0.2, 0.25) is 11.8 Å². The number of nitrogens with zero attached hydrogens (tertiary/aromatic N) is 1. The first-order valence-electron chi connectivity index (χ1n) is 6.42. The number of carbonyl (C=O) groups excluding carboxylic acids is 4. The summed E-state index contributed by atoms with van der Waals surface area (Å²) >= 11 is 0. The maximum atomic E-state index is 13.6. The molecule has 2 heterocycles. The Hall–Kier alpha value is -2.57. The molecule has 0 spiro atoms. The zero-order chi connectivity index (χ0) is 15.3. The van der Waals surface area contributed by atoms with Crippen LogP contribution in [0.4, 0.5) is 4.39 Å². The lowest BCUT2D eigenvalue weighted by atomic mass is 10.0. The van der Waals surface area contributed by atoms with Gasteiger partial charge in [-0.25, -0.2) is 4.39 Å². The predicted octanol–water partition coefficient (Wildman–Crippen LogP) is 0.535. The van der Waals surface area contributed by atoms with Crippen molar-refractivity contribution in [1.82, 2.24) is 10.2 Å². The molecule has 3 rings (SSSR count). The molecule has 0 saturated carbocycles. The van der Waals surface area contributed by atoms with Crippen molar-refractivity contribution < 1.29 is 23.6 Å². The van der Waals surface area contributed by atoms with E-state index >= 15 is 0 Å². The molecule has 1 fully saturated rings. The average Bonchev–Trinajstić information content (AvgIpc) is 2.64. The Morgan fingerprint density at radius 2 is 1.76 bits per heavy atom. The lowest BCUT2D eigenvalue weighted by Gasteiger charge is -2.27. The lowest BCUT2D eigenvalue weighted by molar-refractivity contribution is -0.136. The van der Waals surface area contributed by atoms with E-state index in [1.807, 2.05) is 0 Å². The van der Waals surface area contributed by atoms with Crippen molar-refractivity contribution in [3.05, 3.63) is 34.6 Å². The summed E-state index contributed by atoms with van der Waals surface area (Å²) in [7, 11) is 0. The molecule has 1 atom stereocenters. The van der Waals surface area contributed by atoms with Gasteiger partial charge in [-0.1, -0.05) is 0 Å². The first-order chi connectivity index (χ1) is 9.90. The van der Waals surface area contributed by atoms with Gasteiger partial charge < -0.3 is 0 Å². The van der Waals surface area contributed by atoms with Crippen molar-refractivity contribution in [1.29, 1.82) is 0 Å². The van der Waals surface area contributed by atoms with E-state index in [0.717, 1.165) is 11.0 Å². The van der Waals surface area contributed by atoms with Gasteiger partial charge in [-0.05, 0) is 31.0 Å². The highest BCUT2D eigenvalue weighted by Gasteiger charge is 2.44. The van der Waals surface area contributed by atoms with Gasteiger partial charge in [0.25, 0.3) is 11.8 Å². The fraction of sp³-hybridized carbons (Fsp3) is 0.286. The second-order valence-corrected chi connectivity index (χ2v) is 5.09. The first kappa shape index (κ1) is 13.4. The smallest absolute Gasteiger partial charge is 0.262 e. The number of rotatable bonds is 1. The quantitative estimate of drug-likeness (QED) is 0.765. The number of nitrogens with one attached hydrogen (secondary N) is 1. The molecule has 6 nitrogen and oxygen atoms in total. The SMILES string of the molecule is Cc1cc2c(cc1F)C(=O)N([C@H]1CCC(=O)NC1=O)C2=O. The van der Waals surface area contributed by atoms with Gasteiger partial charge in [-0.15, -0.1) is 0 Å². The van der Waals surface area contributed by atoms with Gasteiger partial charge in [0, 0.05) is 6.42 Å². The van der Waals surface area contributed by atoms with E-state index in [-0.39, 0.29) is 29.5 Å². The normalized spacial score (nSPS) is 21.6. The van der Waals surface area contributed by atoms with Crippen LogP contribution in [0.25, 0.3) is 0 Å². The minimum atomic E-state index is -1.03. The summed E-state index contributed by atoms with van der Waals surface area (Å²) in [6.07, 6.45) is 0.134. The van der Waals surface area contributed by atoms with Crippen LogP contribution in [0, 0.1) is 12.7 Å². The van der Waals surface area contributed by atoms with Gasteiger partial charge in [0.1, 0.15) is 11.9 Å². The Bertz CT molecular complexity index is 672. The summed E-state index contributed by atoms with van der Waals surface area (Å²) < 4.78 is 13.6. The molecule has 0 aliphatic carbocycles. The van der Waals surface area contributed by atoms with E-state index in [2.05, 4.69) is 5.32 Å². The van der Waals surface area contributed by atoms with Gasteiger partial charge in [-0.3, -0.25) is 29.4 Å². The first-order valence-corrected chi connectivity index (χ1v) is 6.42. The average molecular weight is 290 g/mol. The Kier molecular flexibility index (Phi) is 2.86. The molecule has 1 aromatic rings. The molecule has 1 N–H and O–H groups in total. The zero-order valence-corrected chi connectivity index (χ0v) is 11.1. The molecule has 108 valence electrons. The number of halogens is 1. The number of carbonyl (C=O) groups is 4. The number of amides is 4. The number of piperidine rings is 1. The van der Waals surface area contributed by atoms with Crippen molar-refractivity contribution in [2.75, 3.05) is 0 Å². The fourth-order valence-corrected chi connectivity index (χ4v) is 2.60. The van der Waals surface area contributed by atoms with E-state index in [1.165, 1.54) is 13.0 Å². The standard InChI is InChI=1S/C14H11FN2O4/c1-6-4-7-8(5-9(6)15)14(21)17(13(7)20)10-2-3-11(18)16-12(10)19/h4-5,10H,2-3H2,1H3,(H,16,18,19)/t10-/m0/s1. The topological polar surface area (TPSA) is 83.6 Å². The van der Waals surface area contributed by atoms with E-state index in [0.29, 0.717) is 0 Å². The lowest BCUT2D eigenvalue weighted by Crippen LogP contribution is -2.54. The van der Waals surface area contributed by atoms with Crippen molar-refractivity contribution in [2.24, 2.45) is 0 Å². The molecule has 0 radical (unpaired) electrons. The number of hydrogen-bond donors (Lipinski definition) is 1. The van der Waals surface area contributed by atoms with Crippen molar-refractivity contribution in [3.8, 4) is 0 Å². The Labute approximate surface area is 118 Å². The number of fused-ring (bicyclic) bond motifs is 1. The second kappa shape index (κ2) is 4.47. The molecule has 7 heteroatoms. The third-order valence-electron chi connectivity index (χ3n) is 3.72. The van der Waals surface area contributed by atoms with Gasteiger partial charge in [-0.2, -0.15) is 0 Å². The van der Waals surface area contributed by atoms with E-state index in [4.69, 9.17) is 0 Å².